The van der Waals surface area contributed by atoms with Crippen molar-refractivity contribution in [3.05, 3.63) is 67.0 Å². The van der Waals surface area contributed by atoms with Crippen molar-refractivity contribution in [3.8, 4) is 0 Å². The van der Waals surface area contributed by atoms with Crippen molar-refractivity contribution >= 4 is 29.0 Å². The molecule has 27 heavy (non-hydrogen) atoms. The van der Waals surface area contributed by atoms with Gasteiger partial charge in [0.25, 0.3) is 0 Å². The van der Waals surface area contributed by atoms with E-state index in [0.29, 0.717) is 25.3 Å². The number of hydrogen-bond donors (Lipinski definition) is 1. The normalized spacial score (nSPS) is 14.8. The van der Waals surface area contributed by atoms with Crippen molar-refractivity contribution in [1.82, 2.24) is 4.90 Å². The van der Waals surface area contributed by atoms with Crippen molar-refractivity contribution in [3.63, 3.8) is 0 Å². The molecular formula is C21H24FN3OS. The number of hydrogen-bond acceptors (Lipinski definition) is 4. The topological polar surface area (TPSA) is 35.6 Å². The molecule has 0 saturated carbocycles. The third-order valence-corrected chi connectivity index (χ3v) is 5.52. The fourth-order valence-electron chi connectivity index (χ4n) is 3.09. The van der Waals surface area contributed by atoms with Gasteiger partial charge < -0.3 is 10.2 Å². The van der Waals surface area contributed by atoms with Crippen LogP contribution >= 0.6 is 11.8 Å². The van der Waals surface area contributed by atoms with Crippen LogP contribution in [0.4, 0.5) is 15.8 Å². The van der Waals surface area contributed by atoms with E-state index in [-0.39, 0.29) is 11.7 Å². The van der Waals surface area contributed by atoms with E-state index in [1.54, 1.807) is 23.9 Å². The molecule has 1 fully saturated rings. The summed E-state index contributed by atoms with van der Waals surface area (Å²) in [6.45, 7) is 6.95. The molecule has 0 spiro atoms. The SMILES string of the molecule is C=CCSc1ccccc1NC(=O)CN1CCN(c2ccccc2F)CC1. The predicted molar refractivity (Wildman–Crippen MR) is 111 cm³/mol. The van der Waals surface area contributed by atoms with Gasteiger partial charge in [-0.15, -0.1) is 18.3 Å². The van der Waals surface area contributed by atoms with Crippen molar-refractivity contribution in [1.29, 1.82) is 0 Å². The van der Waals surface area contributed by atoms with Crippen LogP contribution in [-0.4, -0.2) is 49.3 Å². The van der Waals surface area contributed by atoms with Gasteiger partial charge in [0.05, 0.1) is 17.9 Å². The molecule has 0 radical (unpaired) electrons. The Labute approximate surface area is 164 Å². The number of rotatable bonds is 7. The van der Waals surface area contributed by atoms with Gasteiger partial charge in [0.1, 0.15) is 5.82 Å². The van der Waals surface area contributed by atoms with E-state index in [4.69, 9.17) is 0 Å². The largest absolute Gasteiger partial charge is 0.367 e. The summed E-state index contributed by atoms with van der Waals surface area (Å²) in [5.74, 6) is 0.573. The summed E-state index contributed by atoms with van der Waals surface area (Å²) < 4.78 is 13.9. The minimum Gasteiger partial charge on any atom is -0.367 e. The smallest absolute Gasteiger partial charge is 0.238 e. The lowest BCUT2D eigenvalue weighted by Crippen LogP contribution is -2.48. The molecule has 1 heterocycles. The monoisotopic (exact) mass is 385 g/mol. The van der Waals surface area contributed by atoms with Gasteiger partial charge >= 0.3 is 0 Å². The number of piperazine rings is 1. The average Bonchev–Trinajstić information content (AvgIpc) is 2.68. The molecule has 4 nitrogen and oxygen atoms in total. The number of carbonyl (C=O) groups is 1. The maximum absolute atomic E-state index is 13.9. The summed E-state index contributed by atoms with van der Waals surface area (Å²) >= 11 is 1.65. The van der Waals surface area contributed by atoms with Gasteiger partial charge in [-0.2, -0.15) is 0 Å². The number of amides is 1. The van der Waals surface area contributed by atoms with Crippen LogP contribution in [0.2, 0.25) is 0 Å². The van der Waals surface area contributed by atoms with E-state index in [2.05, 4.69) is 16.8 Å². The molecule has 2 aromatic rings. The number of para-hydroxylation sites is 2. The fourth-order valence-corrected chi connectivity index (χ4v) is 3.84. The van der Waals surface area contributed by atoms with E-state index < -0.39 is 0 Å². The van der Waals surface area contributed by atoms with Crippen LogP contribution in [0.25, 0.3) is 0 Å². The first-order valence-electron chi connectivity index (χ1n) is 9.02. The van der Waals surface area contributed by atoms with Crippen molar-refractivity contribution < 1.29 is 9.18 Å². The quantitative estimate of drug-likeness (QED) is 0.580. The minimum absolute atomic E-state index is 0.0269. The number of thioether (sulfide) groups is 1. The van der Waals surface area contributed by atoms with Crippen LogP contribution in [0, 0.1) is 5.82 Å². The van der Waals surface area contributed by atoms with Gasteiger partial charge in [-0.25, -0.2) is 4.39 Å². The van der Waals surface area contributed by atoms with Gasteiger partial charge in [-0.3, -0.25) is 9.69 Å². The highest BCUT2D eigenvalue weighted by atomic mass is 32.2. The van der Waals surface area contributed by atoms with E-state index in [1.165, 1.54) is 6.07 Å². The molecule has 1 aliphatic rings. The van der Waals surface area contributed by atoms with Gasteiger partial charge in [0.2, 0.25) is 5.91 Å². The van der Waals surface area contributed by atoms with E-state index >= 15 is 0 Å². The summed E-state index contributed by atoms with van der Waals surface area (Å²) in [5.41, 5.74) is 1.47. The second-order valence-corrected chi connectivity index (χ2v) is 7.42. The first-order chi connectivity index (χ1) is 13.2. The van der Waals surface area contributed by atoms with Crippen molar-refractivity contribution in [2.24, 2.45) is 0 Å². The lowest BCUT2D eigenvalue weighted by Gasteiger charge is -2.35. The number of anilines is 2. The number of benzene rings is 2. The van der Waals surface area contributed by atoms with E-state index in [0.717, 1.165) is 29.4 Å². The molecule has 1 saturated heterocycles. The Morgan fingerprint density at radius 3 is 2.56 bits per heavy atom. The second-order valence-electron chi connectivity index (χ2n) is 6.36. The Hall–Kier alpha value is -2.31. The molecule has 0 unspecified atom stereocenters. The molecule has 1 amide bonds. The molecule has 0 aliphatic carbocycles. The zero-order valence-electron chi connectivity index (χ0n) is 15.2. The van der Waals surface area contributed by atoms with Crippen LogP contribution in [0.1, 0.15) is 0 Å². The standard InChI is InChI=1S/C21H24FN3OS/c1-2-15-27-20-10-6-4-8-18(20)23-21(26)16-24-11-13-25(14-12-24)19-9-5-3-7-17(19)22/h2-10H,1,11-16H2,(H,23,26). The fraction of sp³-hybridized carbons (Fsp3) is 0.286. The molecule has 3 rings (SSSR count). The van der Waals surface area contributed by atoms with Gasteiger partial charge in [0, 0.05) is 36.8 Å². The summed E-state index contributed by atoms with van der Waals surface area (Å²) in [6.07, 6.45) is 1.85. The number of nitrogens with zero attached hydrogens (tertiary/aromatic N) is 2. The van der Waals surface area contributed by atoms with Crippen LogP contribution in [0.15, 0.2) is 66.1 Å². The van der Waals surface area contributed by atoms with E-state index in [1.807, 2.05) is 41.3 Å². The average molecular weight is 386 g/mol. The Morgan fingerprint density at radius 2 is 1.81 bits per heavy atom. The van der Waals surface area contributed by atoms with Crippen molar-refractivity contribution in [2.45, 2.75) is 4.90 Å². The Balaban J connectivity index is 1.51. The maximum Gasteiger partial charge on any atom is 0.238 e. The molecule has 6 heteroatoms. The van der Waals surface area contributed by atoms with Crippen LogP contribution < -0.4 is 10.2 Å². The molecule has 0 aromatic heterocycles. The highest BCUT2D eigenvalue weighted by Gasteiger charge is 2.21. The molecule has 2 aromatic carbocycles. The Kier molecular flexibility index (Phi) is 6.90. The molecule has 1 N–H and O–H groups in total. The zero-order valence-corrected chi connectivity index (χ0v) is 16.1. The highest BCUT2D eigenvalue weighted by Crippen LogP contribution is 2.27. The molecule has 0 atom stereocenters. The molecule has 1 aliphatic heterocycles. The first-order valence-corrected chi connectivity index (χ1v) is 10.0. The molecular weight excluding hydrogens is 361 g/mol. The third kappa shape index (κ3) is 5.34. The zero-order chi connectivity index (χ0) is 19.1. The number of halogens is 1. The highest BCUT2D eigenvalue weighted by molar-refractivity contribution is 7.99. The molecule has 142 valence electrons. The summed E-state index contributed by atoms with van der Waals surface area (Å²) in [5, 5.41) is 3.01. The Morgan fingerprint density at radius 1 is 1.11 bits per heavy atom. The maximum atomic E-state index is 13.9. The van der Waals surface area contributed by atoms with Gasteiger partial charge in [-0.05, 0) is 24.3 Å². The number of carbonyl (C=O) groups excluding carboxylic acids is 1. The third-order valence-electron chi connectivity index (χ3n) is 4.45. The van der Waals surface area contributed by atoms with Crippen LogP contribution in [0.3, 0.4) is 0 Å². The minimum atomic E-state index is -0.197. The lowest BCUT2D eigenvalue weighted by atomic mass is 10.2. The lowest BCUT2D eigenvalue weighted by molar-refractivity contribution is -0.117. The van der Waals surface area contributed by atoms with Crippen LogP contribution in [0.5, 0.6) is 0 Å². The van der Waals surface area contributed by atoms with E-state index in [9.17, 15) is 9.18 Å². The second kappa shape index (κ2) is 9.58. The van der Waals surface area contributed by atoms with Crippen LogP contribution in [-0.2, 0) is 4.79 Å². The summed E-state index contributed by atoms with van der Waals surface area (Å²) in [7, 11) is 0. The van der Waals surface area contributed by atoms with Gasteiger partial charge in [-0.1, -0.05) is 30.3 Å². The summed E-state index contributed by atoms with van der Waals surface area (Å²) in [6, 6.07) is 14.6. The predicted octanol–water partition coefficient (Wildman–Crippen LogP) is 3.86. The van der Waals surface area contributed by atoms with Crippen molar-refractivity contribution in [2.75, 3.05) is 48.7 Å². The van der Waals surface area contributed by atoms with Gasteiger partial charge in [0.15, 0.2) is 0 Å². The Bertz CT molecular complexity index is 791. The molecule has 0 bridgehead atoms. The first kappa shape index (κ1) is 19.5. The summed E-state index contributed by atoms with van der Waals surface area (Å²) in [4.78, 5) is 17.6. The number of nitrogens with one attached hydrogen (secondary N) is 1.